The summed E-state index contributed by atoms with van der Waals surface area (Å²) >= 11 is 0. The number of hydrogen-bond donors (Lipinski definition) is 0. The van der Waals surface area contributed by atoms with Gasteiger partial charge in [-0.1, -0.05) is 78.9 Å². The van der Waals surface area contributed by atoms with Gasteiger partial charge in [0.25, 0.3) is 0 Å². The number of aryl methyl sites for hydroxylation is 4. The number of hydrogen-bond acceptors (Lipinski definition) is 5. The van der Waals surface area contributed by atoms with Gasteiger partial charge in [-0.05, 0) is 97.5 Å². The predicted octanol–water partition coefficient (Wildman–Crippen LogP) is 8.75. The van der Waals surface area contributed by atoms with Crippen molar-refractivity contribution < 1.29 is 23.2 Å². The summed E-state index contributed by atoms with van der Waals surface area (Å²) < 4.78 is 27.4. The zero-order valence-electron chi connectivity index (χ0n) is 25.4. The first kappa shape index (κ1) is 30.7. The fourth-order valence-corrected chi connectivity index (χ4v) is 7.09. The molecule has 222 valence electrons. The molecule has 0 heterocycles. The first-order valence-electron chi connectivity index (χ1n) is 14.5. The van der Waals surface area contributed by atoms with Gasteiger partial charge < -0.3 is 9.05 Å². The molecule has 6 heteroatoms. The summed E-state index contributed by atoms with van der Waals surface area (Å²) in [5.74, 6) is 0.783. The molecule has 5 rings (SSSR count). The molecule has 0 atom stereocenters. The van der Waals surface area contributed by atoms with Crippen LogP contribution in [0.5, 0.6) is 11.5 Å². The molecule has 0 spiro atoms. The van der Waals surface area contributed by atoms with E-state index < -0.39 is 7.60 Å². The van der Waals surface area contributed by atoms with Crippen molar-refractivity contribution in [3.63, 3.8) is 0 Å². The average Bonchev–Trinajstić information content (AvgIpc) is 3.02. The van der Waals surface area contributed by atoms with Crippen molar-refractivity contribution >= 4 is 24.5 Å². The third-order valence-corrected chi connectivity index (χ3v) is 9.25. The zero-order valence-corrected chi connectivity index (χ0v) is 26.3. The Balaban J connectivity index is 1.44. The smallest absolute Gasteiger partial charge is 0.412 e. The molecule has 5 aromatic rings. The minimum atomic E-state index is -3.98. The van der Waals surface area contributed by atoms with Crippen LogP contribution in [0.15, 0.2) is 115 Å². The summed E-state index contributed by atoms with van der Waals surface area (Å²) in [6.45, 7) is 7.34. The molecule has 0 saturated carbocycles. The van der Waals surface area contributed by atoms with Gasteiger partial charge in [-0.2, -0.15) is 0 Å². The maximum Gasteiger partial charge on any atom is 0.462 e. The fraction of sp³-hybridized carbons (Fsp3) is 0.158. The van der Waals surface area contributed by atoms with E-state index in [1.807, 2.05) is 94.4 Å². The second-order valence-electron chi connectivity index (χ2n) is 11.1. The number of carbonyl (C=O) groups excluding carboxylic acids is 2. The summed E-state index contributed by atoms with van der Waals surface area (Å²) in [7, 11) is -3.98. The quantitative estimate of drug-likeness (QED) is 0.112. The SMILES string of the molecule is Cc1cc(C(=O)Cc2ccccc2)cc(C)c1OP(=O)(Oc1c(C)cc(C(=O)Cc2ccccc2)cc1C)c1ccccc1. The Bertz CT molecular complexity index is 1690. The molecule has 0 aliphatic rings. The highest BCUT2D eigenvalue weighted by Gasteiger charge is 2.34. The van der Waals surface area contributed by atoms with Crippen LogP contribution < -0.4 is 14.4 Å². The van der Waals surface area contributed by atoms with E-state index in [2.05, 4.69) is 0 Å². The molecule has 0 bridgehead atoms. The maximum absolute atomic E-state index is 14.7. The van der Waals surface area contributed by atoms with Crippen LogP contribution >= 0.6 is 7.60 Å². The standard InChI is InChI=1S/C38H35O5P/c1-26-20-32(35(39)24-30-14-8-5-9-15-30)21-27(2)37(26)42-44(41,34-18-12-7-13-19-34)43-38-28(3)22-33(23-29(38)4)36(40)25-31-16-10-6-11-17-31/h5-23H,24-25H2,1-4H3. The molecule has 0 aromatic heterocycles. The van der Waals surface area contributed by atoms with Gasteiger partial charge in [0.05, 0.1) is 5.30 Å². The van der Waals surface area contributed by atoms with E-state index in [0.29, 0.717) is 50.2 Å². The summed E-state index contributed by atoms with van der Waals surface area (Å²) in [6, 6.07) is 35.1. The molecule has 0 saturated heterocycles. The lowest BCUT2D eigenvalue weighted by Crippen LogP contribution is -2.17. The van der Waals surface area contributed by atoms with Crippen LogP contribution in [0.3, 0.4) is 0 Å². The molecular weight excluding hydrogens is 567 g/mol. The second kappa shape index (κ2) is 13.3. The summed E-state index contributed by atoms with van der Waals surface area (Å²) in [6.07, 6.45) is 0.571. The third-order valence-electron chi connectivity index (χ3n) is 7.47. The van der Waals surface area contributed by atoms with E-state index in [0.717, 1.165) is 11.1 Å². The summed E-state index contributed by atoms with van der Waals surface area (Å²) in [5, 5.41) is 0.395. The molecule has 5 nitrogen and oxygen atoms in total. The highest BCUT2D eigenvalue weighted by molar-refractivity contribution is 7.63. The van der Waals surface area contributed by atoms with Gasteiger partial charge in [0.2, 0.25) is 0 Å². The minimum Gasteiger partial charge on any atom is -0.412 e. The Morgan fingerprint density at radius 3 is 1.18 bits per heavy atom. The maximum atomic E-state index is 14.7. The molecule has 0 aliphatic heterocycles. The van der Waals surface area contributed by atoms with Crippen LogP contribution in [-0.4, -0.2) is 11.6 Å². The number of carbonyl (C=O) groups is 2. The molecule has 0 aliphatic carbocycles. The van der Waals surface area contributed by atoms with Crippen molar-refractivity contribution in [2.45, 2.75) is 40.5 Å². The molecule has 0 amide bonds. The lowest BCUT2D eigenvalue weighted by Gasteiger charge is -2.24. The topological polar surface area (TPSA) is 69.7 Å². The highest BCUT2D eigenvalue weighted by Crippen LogP contribution is 2.50. The fourth-order valence-electron chi connectivity index (χ4n) is 5.25. The Morgan fingerprint density at radius 2 is 0.841 bits per heavy atom. The zero-order chi connectivity index (χ0) is 31.3. The Labute approximate surface area is 259 Å². The number of benzene rings is 5. The molecule has 0 unspecified atom stereocenters. The minimum absolute atomic E-state index is 0.00964. The Kier molecular flexibility index (Phi) is 9.27. The van der Waals surface area contributed by atoms with E-state index >= 15 is 0 Å². The van der Waals surface area contributed by atoms with Crippen molar-refractivity contribution in [2.75, 3.05) is 0 Å². The van der Waals surface area contributed by atoms with Crippen molar-refractivity contribution in [3.05, 3.63) is 160 Å². The largest absolute Gasteiger partial charge is 0.462 e. The van der Waals surface area contributed by atoms with Crippen LogP contribution in [-0.2, 0) is 17.4 Å². The predicted molar refractivity (Wildman–Crippen MR) is 176 cm³/mol. The van der Waals surface area contributed by atoms with Gasteiger partial charge in [0.15, 0.2) is 11.6 Å². The van der Waals surface area contributed by atoms with Crippen LogP contribution in [0.25, 0.3) is 0 Å². The van der Waals surface area contributed by atoms with Crippen LogP contribution in [0.4, 0.5) is 0 Å². The first-order valence-corrected chi connectivity index (χ1v) is 16.1. The van der Waals surface area contributed by atoms with Crippen molar-refractivity contribution in [1.82, 2.24) is 0 Å². The van der Waals surface area contributed by atoms with Crippen molar-refractivity contribution in [2.24, 2.45) is 0 Å². The van der Waals surface area contributed by atoms with Gasteiger partial charge in [0, 0.05) is 24.0 Å². The summed E-state index contributed by atoms with van der Waals surface area (Å²) in [4.78, 5) is 26.2. The van der Waals surface area contributed by atoms with Crippen LogP contribution in [0.2, 0.25) is 0 Å². The van der Waals surface area contributed by atoms with E-state index in [1.165, 1.54) is 0 Å². The van der Waals surface area contributed by atoms with E-state index in [1.54, 1.807) is 48.5 Å². The van der Waals surface area contributed by atoms with Gasteiger partial charge >= 0.3 is 7.60 Å². The Hall–Kier alpha value is -4.73. The second-order valence-corrected chi connectivity index (χ2v) is 12.9. The van der Waals surface area contributed by atoms with Gasteiger partial charge in [-0.3, -0.25) is 9.59 Å². The first-order chi connectivity index (χ1) is 21.1. The van der Waals surface area contributed by atoms with Crippen LogP contribution in [0.1, 0.15) is 54.1 Å². The highest BCUT2D eigenvalue weighted by atomic mass is 31.2. The third kappa shape index (κ3) is 7.07. The lowest BCUT2D eigenvalue weighted by atomic mass is 9.99. The van der Waals surface area contributed by atoms with Crippen LogP contribution in [0, 0.1) is 27.7 Å². The van der Waals surface area contributed by atoms with Gasteiger partial charge in [0.1, 0.15) is 11.5 Å². The monoisotopic (exact) mass is 602 g/mol. The van der Waals surface area contributed by atoms with E-state index in [4.69, 9.17) is 9.05 Å². The molecule has 5 aromatic carbocycles. The normalized spacial score (nSPS) is 11.2. The molecule has 44 heavy (non-hydrogen) atoms. The number of Topliss-reactive ketones (excluding diaryl/α,β-unsaturated/α-hetero) is 2. The van der Waals surface area contributed by atoms with E-state index in [-0.39, 0.29) is 24.4 Å². The molecule has 0 fully saturated rings. The van der Waals surface area contributed by atoms with E-state index in [9.17, 15) is 14.2 Å². The molecule has 0 radical (unpaired) electrons. The number of ketones is 2. The molecule has 0 N–H and O–H groups in total. The lowest BCUT2D eigenvalue weighted by molar-refractivity contribution is 0.0984. The summed E-state index contributed by atoms with van der Waals surface area (Å²) in [5.41, 5.74) is 5.71. The average molecular weight is 603 g/mol. The van der Waals surface area contributed by atoms with Crippen molar-refractivity contribution in [1.29, 1.82) is 0 Å². The Morgan fingerprint density at radius 1 is 0.523 bits per heavy atom. The molecular formula is C38H35O5P. The van der Waals surface area contributed by atoms with Gasteiger partial charge in [-0.25, -0.2) is 4.57 Å². The van der Waals surface area contributed by atoms with Crippen molar-refractivity contribution in [3.8, 4) is 11.5 Å². The number of rotatable bonds is 11. The van der Waals surface area contributed by atoms with Gasteiger partial charge in [-0.15, -0.1) is 0 Å².